The number of methoxy groups -OCH3 is 1. The minimum absolute atomic E-state index is 0.571. The highest BCUT2D eigenvalue weighted by atomic mass is 16.5. The largest absolute Gasteiger partial charge is 0.494 e. The zero-order chi connectivity index (χ0) is 11.4. The number of hydrogen-bond donors (Lipinski definition) is 2. The molecule has 6 heteroatoms. The van der Waals surface area contributed by atoms with E-state index in [2.05, 4.69) is 25.5 Å². The number of aryl methyl sites for hydroxylation is 1. The Morgan fingerprint density at radius 3 is 2.62 bits per heavy atom. The van der Waals surface area contributed by atoms with E-state index in [0.29, 0.717) is 18.2 Å². The van der Waals surface area contributed by atoms with Crippen LogP contribution in [0.5, 0.6) is 5.75 Å². The molecule has 0 amide bonds. The lowest BCUT2D eigenvalue weighted by Crippen LogP contribution is -2.03. The maximum absolute atomic E-state index is 4.97. The second-order valence-electron chi connectivity index (χ2n) is 3.32. The summed E-state index contributed by atoms with van der Waals surface area (Å²) in [6.07, 6.45) is 5.03. The minimum Gasteiger partial charge on any atom is -0.494 e. The van der Waals surface area contributed by atoms with Crippen molar-refractivity contribution in [3.8, 4) is 5.75 Å². The van der Waals surface area contributed by atoms with Crippen molar-refractivity contribution in [1.29, 1.82) is 0 Å². The SMILES string of the molecule is COc1cnc(NCc2cn[nH]c2C)nc1. The quantitative estimate of drug-likeness (QED) is 0.806. The third-order valence-electron chi connectivity index (χ3n) is 2.24. The van der Waals surface area contributed by atoms with Gasteiger partial charge in [-0.15, -0.1) is 0 Å². The first kappa shape index (κ1) is 10.4. The van der Waals surface area contributed by atoms with Gasteiger partial charge in [0.25, 0.3) is 0 Å². The molecule has 0 aliphatic rings. The third kappa shape index (κ3) is 2.28. The molecule has 0 atom stereocenters. The van der Waals surface area contributed by atoms with E-state index in [1.807, 2.05) is 6.92 Å². The molecule has 6 nitrogen and oxygen atoms in total. The lowest BCUT2D eigenvalue weighted by atomic mass is 10.3. The smallest absolute Gasteiger partial charge is 0.223 e. The highest BCUT2D eigenvalue weighted by molar-refractivity contribution is 5.29. The summed E-state index contributed by atoms with van der Waals surface area (Å²) in [6, 6.07) is 0. The van der Waals surface area contributed by atoms with Crippen molar-refractivity contribution >= 4 is 5.95 Å². The van der Waals surface area contributed by atoms with Gasteiger partial charge in [0.2, 0.25) is 5.95 Å². The Labute approximate surface area is 93.1 Å². The number of anilines is 1. The Morgan fingerprint density at radius 2 is 2.06 bits per heavy atom. The van der Waals surface area contributed by atoms with E-state index < -0.39 is 0 Å². The van der Waals surface area contributed by atoms with Crippen LogP contribution < -0.4 is 10.1 Å². The molecule has 0 saturated heterocycles. The maximum Gasteiger partial charge on any atom is 0.223 e. The first-order valence-electron chi connectivity index (χ1n) is 4.88. The van der Waals surface area contributed by atoms with Crippen molar-refractivity contribution in [2.24, 2.45) is 0 Å². The summed E-state index contributed by atoms with van der Waals surface area (Å²) in [5.74, 6) is 1.21. The third-order valence-corrected chi connectivity index (χ3v) is 2.24. The van der Waals surface area contributed by atoms with Crippen molar-refractivity contribution < 1.29 is 4.74 Å². The first-order valence-corrected chi connectivity index (χ1v) is 4.88. The van der Waals surface area contributed by atoms with Crippen LogP contribution in [0, 0.1) is 6.92 Å². The predicted octanol–water partition coefficient (Wildman–Crippen LogP) is 1.13. The van der Waals surface area contributed by atoms with Crippen LogP contribution in [0.25, 0.3) is 0 Å². The number of ether oxygens (including phenoxy) is 1. The first-order chi connectivity index (χ1) is 7.79. The van der Waals surface area contributed by atoms with Gasteiger partial charge in [0.1, 0.15) is 0 Å². The van der Waals surface area contributed by atoms with Crippen molar-refractivity contribution in [2.75, 3.05) is 12.4 Å². The van der Waals surface area contributed by atoms with E-state index in [9.17, 15) is 0 Å². The van der Waals surface area contributed by atoms with E-state index in [0.717, 1.165) is 11.3 Å². The summed E-state index contributed by atoms with van der Waals surface area (Å²) < 4.78 is 4.97. The number of hydrogen-bond acceptors (Lipinski definition) is 5. The Kier molecular flexibility index (Phi) is 3.00. The fourth-order valence-corrected chi connectivity index (χ4v) is 1.24. The van der Waals surface area contributed by atoms with Crippen LogP contribution >= 0.6 is 0 Å². The van der Waals surface area contributed by atoms with Gasteiger partial charge in [-0.2, -0.15) is 5.10 Å². The monoisotopic (exact) mass is 219 g/mol. The summed E-state index contributed by atoms with van der Waals surface area (Å²) in [6.45, 7) is 2.62. The van der Waals surface area contributed by atoms with Gasteiger partial charge in [-0.3, -0.25) is 5.10 Å². The molecular weight excluding hydrogens is 206 g/mol. The van der Waals surface area contributed by atoms with Gasteiger partial charge >= 0.3 is 0 Å². The van der Waals surface area contributed by atoms with Crippen LogP contribution in [0.2, 0.25) is 0 Å². The number of H-pyrrole nitrogens is 1. The number of rotatable bonds is 4. The summed E-state index contributed by atoms with van der Waals surface area (Å²) in [7, 11) is 1.58. The molecule has 0 fully saturated rings. The minimum atomic E-state index is 0.571. The summed E-state index contributed by atoms with van der Waals surface area (Å²) in [5.41, 5.74) is 2.14. The maximum atomic E-state index is 4.97. The van der Waals surface area contributed by atoms with Gasteiger partial charge < -0.3 is 10.1 Å². The normalized spacial score (nSPS) is 10.1. The van der Waals surface area contributed by atoms with Gasteiger partial charge in [-0.05, 0) is 6.92 Å². The molecule has 2 aromatic heterocycles. The predicted molar refractivity (Wildman–Crippen MR) is 59.2 cm³/mol. The highest BCUT2D eigenvalue weighted by Gasteiger charge is 2.01. The van der Waals surface area contributed by atoms with Crippen LogP contribution in [0.3, 0.4) is 0 Å². The lowest BCUT2D eigenvalue weighted by Gasteiger charge is -2.04. The van der Waals surface area contributed by atoms with E-state index in [4.69, 9.17) is 4.74 Å². The molecule has 0 aliphatic carbocycles. The Bertz CT molecular complexity index is 450. The fourth-order valence-electron chi connectivity index (χ4n) is 1.24. The molecule has 2 rings (SSSR count). The van der Waals surface area contributed by atoms with Gasteiger partial charge in [0.15, 0.2) is 5.75 Å². The molecule has 0 bridgehead atoms. The average molecular weight is 219 g/mol. The summed E-state index contributed by atoms with van der Waals surface area (Å²) in [5, 5.41) is 9.91. The molecular formula is C10H13N5O. The van der Waals surface area contributed by atoms with E-state index in [-0.39, 0.29) is 0 Å². The number of aromatic amines is 1. The van der Waals surface area contributed by atoms with Crippen LogP contribution in [-0.2, 0) is 6.54 Å². The molecule has 0 saturated carbocycles. The molecule has 0 radical (unpaired) electrons. The molecule has 84 valence electrons. The topological polar surface area (TPSA) is 75.7 Å². The van der Waals surface area contributed by atoms with Crippen LogP contribution in [0.15, 0.2) is 18.6 Å². The molecule has 2 N–H and O–H groups in total. The molecule has 0 aliphatic heterocycles. The zero-order valence-electron chi connectivity index (χ0n) is 9.19. The molecule has 0 aromatic carbocycles. The Balaban J connectivity index is 1.97. The lowest BCUT2D eigenvalue weighted by molar-refractivity contribution is 0.411. The van der Waals surface area contributed by atoms with Gasteiger partial charge in [-0.25, -0.2) is 9.97 Å². The van der Waals surface area contributed by atoms with Crippen molar-refractivity contribution in [3.63, 3.8) is 0 Å². The molecule has 0 spiro atoms. The summed E-state index contributed by atoms with van der Waals surface area (Å²) >= 11 is 0. The van der Waals surface area contributed by atoms with E-state index >= 15 is 0 Å². The van der Waals surface area contributed by atoms with E-state index in [1.54, 1.807) is 25.7 Å². The highest BCUT2D eigenvalue weighted by Crippen LogP contribution is 2.09. The average Bonchev–Trinajstić information content (AvgIpc) is 2.73. The zero-order valence-corrected chi connectivity index (χ0v) is 9.19. The van der Waals surface area contributed by atoms with Crippen LogP contribution in [0.4, 0.5) is 5.95 Å². The van der Waals surface area contributed by atoms with Gasteiger partial charge in [-0.1, -0.05) is 0 Å². The molecule has 16 heavy (non-hydrogen) atoms. The van der Waals surface area contributed by atoms with Gasteiger partial charge in [0.05, 0.1) is 25.7 Å². The van der Waals surface area contributed by atoms with E-state index in [1.165, 1.54) is 0 Å². The standard InChI is InChI=1S/C10H13N5O/c1-7-8(4-14-15-7)3-11-10-12-5-9(16-2)6-13-10/h4-6H,3H2,1-2H3,(H,14,15)(H,11,12,13). The number of nitrogens with zero attached hydrogens (tertiary/aromatic N) is 3. The van der Waals surface area contributed by atoms with Crippen LogP contribution in [-0.4, -0.2) is 27.3 Å². The van der Waals surface area contributed by atoms with Crippen LogP contribution in [0.1, 0.15) is 11.3 Å². The van der Waals surface area contributed by atoms with Crippen molar-refractivity contribution in [1.82, 2.24) is 20.2 Å². The number of aromatic nitrogens is 4. The molecule has 2 aromatic rings. The number of nitrogens with one attached hydrogen (secondary N) is 2. The molecule has 2 heterocycles. The summed E-state index contributed by atoms with van der Waals surface area (Å²) in [4.78, 5) is 8.20. The van der Waals surface area contributed by atoms with Gasteiger partial charge in [0, 0.05) is 17.8 Å². The Morgan fingerprint density at radius 1 is 1.31 bits per heavy atom. The fraction of sp³-hybridized carbons (Fsp3) is 0.300. The second kappa shape index (κ2) is 4.61. The Hall–Kier alpha value is -2.11. The second-order valence-corrected chi connectivity index (χ2v) is 3.32. The molecule has 0 unspecified atom stereocenters. The van der Waals surface area contributed by atoms with Crippen molar-refractivity contribution in [3.05, 3.63) is 29.8 Å². The van der Waals surface area contributed by atoms with Crippen molar-refractivity contribution in [2.45, 2.75) is 13.5 Å².